The number of hydrogen-bond acceptors (Lipinski definition) is 5. The second-order valence-electron chi connectivity index (χ2n) is 6.42. The van der Waals surface area contributed by atoms with E-state index in [4.69, 9.17) is 4.74 Å². The number of nitrogens with zero attached hydrogens (tertiary/aromatic N) is 3. The van der Waals surface area contributed by atoms with Crippen LogP contribution in [-0.2, 0) is 18.9 Å². The van der Waals surface area contributed by atoms with E-state index in [1.807, 2.05) is 13.8 Å². The van der Waals surface area contributed by atoms with Gasteiger partial charge in [0.15, 0.2) is 12.4 Å². The van der Waals surface area contributed by atoms with Crippen molar-refractivity contribution < 1.29 is 14.3 Å². The molecule has 2 rings (SSSR count). The van der Waals surface area contributed by atoms with Crippen LogP contribution < -0.4 is 16.0 Å². The molecule has 0 aliphatic heterocycles. The summed E-state index contributed by atoms with van der Waals surface area (Å²) in [5, 5.41) is 0. The lowest BCUT2D eigenvalue weighted by Gasteiger charge is -2.18. The third-order valence-corrected chi connectivity index (χ3v) is 4.50. The molecule has 8 heteroatoms. The summed E-state index contributed by atoms with van der Waals surface area (Å²) in [6, 6.07) is 6.40. The summed E-state index contributed by atoms with van der Waals surface area (Å²) < 4.78 is 7.73. The van der Waals surface area contributed by atoms with Gasteiger partial charge < -0.3 is 14.2 Å². The highest BCUT2D eigenvalue weighted by molar-refractivity contribution is 6.06. The number of ketones is 1. The highest BCUT2D eigenvalue weighted by Gasteiger charge is 2.10. The molecule has 1 aromatic heterocycles. The maximum atomic E-state index is 12.3. The Morgan fingerprint density at radius 2 is 1.69 bits per heavy atom. The van der Waals surface area contributed by atoms with Crippen molar-refractivity contribution in [1.29, 1.82) is 0 Å². The van der Waals surface area contributed by atoms with Crippen LogP contribution in [0.2, 0.25) is 0 Å². The van der Waals surface area contributed by atoms with E-state index in [1.165, 1.54) is 37.0 Å². The highest BCUT2D eigenvalue weighted by Crippen LogP contribution is 2.13. The molecule has 0 saturated heterocycles. The van der Waals surface area contributed by atoms with E-state index in [-0.39, 0.29) is 23.9 Å². The van der Waals surface area contributed by atoms with Gasteiger partial charge in [-0.25, -0.2) is 4.79 Å². The normalized spacial score (nSPS) is 10.9. The van der Waals surface area contributed by atoms with Crippen LogP contribution in [0.15, 0.2) is 46.1 Å². The van der Waals surface area contributed by atoms with Crippen LogP contribution in [0.1, 0.15) is 29.8 Å². The smallest absolute Gasteiger partial charge is 0.330 e. The van der Waals surface area contributed by atoms with Crippen LogP contribution >= 0.6 is 0 Å². The number of hydrogen-bond donors (Lipinski definition) is 0. The van der Waals surface area contributed by atoms with Crippen molar-refractivity contribution in [3.05, 3.63) is 68.5 Å². The van der Waals surface area contributed by atoms with Crippen molar-refractivity contribution in [3.63, 3.8) is 0 Å². The van der Waals surface area contributed by atoms with Gasteiger partial charge in [-0.2, -0.15) is 0 Å². The van der Waals surface area contributed by atoms with Crippen LogP contribution in [0.5, 0.6) is 5.75 Å². The lowest BCUT2D eigenvalue weighted by Crippen LogP contribution is -2.37. The number of ether oxygens (including phenoxy) is 1. The fourth-order valence-electron chi connectivity index (χ4n) is 2.74. The first-order valence-electron chi connectivity index (χ1n) is 9.28. The summed E-state index contributed by atoms with van der Waals surface area (Å²) in [5.41, 5.74) is -0.268. The molecule has 0 fully saturated rings. The van der Waals surface area contributed by atoms with E-state index in [0.717, 1.165) is 4.57 Å². The van der Waals surface area contributed by atoms with Gasteiger partial charge in [0.2, 0.25) is 0 Å². The molecular weight excluding hydrogens is 374 g/mol. The predicted octanol–water partition coefficient (Wildman–Crippen LogP) is 1.23. The largest absolute Gasteiger partial charge is 0.484 e. The van der Waals surface area contributed by atoms with Crippen molar-refractivity contribution in [2.45, 2.75) is 13.8 Å². The Hall–Kier alpha value is -3.42. The van der Waals surface area contributed by atoms with E-state index < -0.39 is 11.2 Å². The van der Waals surface area contributed by atoms with Crippen molar-refractivity contribution in [3.8, 4) is 5.75 Å². The lowest BCUT2D eigenvalue weighted by molar-refractivity contribution is -0.132. The van der Waals surface area contributed by atoms with Crippen LogP contribution in [0, 0.1) is 0 Å². The first kappa shape index (κ1) is 21.9. The Bertz CT molecular complexity index is 1030. The van der Waals surface area contributed by atoms with E-state index in [1.54, 1.807) is 29.2 Å². The minimum atomic E-state index is -0.473. The highest BCUT2D eigenvalue weighted by atomic mass is 16.5. The molecule has 2 aromatic rings. The number of amides is 1. The third-order valence-electron chi connectivity index (χ3n) is 4.50. The molecule has 0 aliphatic carbocycles. The average Bonchev–Trinajstić information content (AvgIpc) is 2.73. The molecule has 0 bridgehead atoms. The maximum absolute atomic E-state index is 12.3. The number of benzene rings is 1. The van der Waals surface area contributed by atoms with E-state index in [9.17, 15) is 19.2 Å². The molecule has 0 N–H and O–H groups in total. The van der Waals surface area contributed by atoms with Gasteiger partial charge in [-0.15, -0.1) is 0 Å². The molecule has 8 nitrogen and oxygen atoms in total. The van der Waals surface area contributed by atoms with E-state index in [2.05, 4.69) is 0 Å². The number of aryl methyl sites for hydroxylation is 1. The molecule has 1 amide bonds. The summed E-state index contributed by atoms with van der Waals surface area (Å²) in [5.74, 6) is 0.0848. The Kier molecular flexibility index (Phi) is 7.30. The SMILES string of the molecule is CCN(CC)C(=O)COc1ccc(C(=O)/C=C/c2cn(C)c(=O)n(C)c2=O)cc1. The lowest BCUT2D eigenvalue weighted by atomic mass is 10.1. The standard InChI is InChI=1S/C21H25N3O5/c1-5-24(6-2)19(26)14-29-17-10-7-15(8-11-17)18(25)12-9-16-13-22(3)21(28)23(4)20(16)27/h7-13H,5-6,14H2,1-4H3/b12-9+. The average molecular weight is 399 g/mol. The minimum Gasteiger partial charge on any atom is -0.484 e. The molecule has 1 aromatic carbocycles. The monoisotopic (exact) mass is 399 g/mol. The fourth-order valence-corrected chi connectivity index (χ4v) is 2.74. The van der Waals surface area contributed by atoms with Gasteiger partial charge in [0, 0.05) is 38.9 Å². The Balaban J connectivity index is 2.06. The van der Waals surface area contributed by atoms with Gasteiger partial charge in [0.1, 0.15) is 5.75 Å². The quantitative estimate of drug-likeness (QED) is 0.492. The molecule has 0 radical (unpaired) electrons. The Morgan fingerprint density at radius 3 is 2.28 bits per heavy atom. The summed E-state index contributed by atoms with van der Waals surface area (Å²) in [7, 11) is 2.91. The summed E-state index contributed by atoms with van der Waals surface area (Å²) in [4.78, 5) is 49.8. The molecule has 0 saturated carbocycles. The topological polar surface area (TPSA) is 90.6 Å². The van der Waals surface area contributed by atoms with Crippen LogP contribution in [0.25, 0.3) is 6.08 Å². The maximum Gasteiger partial charge on any atom is 0.330 e. The number of likely N-dealkylation sites (N-methyl/N-ethyl adjacent to an activating group) is 1. The molecule has 0 atom stereocenters. The first-order chi connectivity index (χ1) is 13.8. The number of aromatic nitrogens is 2. The van der Waals surface area contributed by atoms with Crippen molar-refractivity contribution in [2.24, 2.45) is 14.1 Å². The molecule has 0 aliphatic rings. The van der Waals surface area contributed by atoms with Gasteiger partial charge in [-0.05, 0) is 50.3 Å². The number of allylic oxidation sites excluding steroid dienone is 1. The van der Waals surface area contributed by atoms with Crippen LogP contribution in [0.3, 0.4) is 0 Å². The zero-order valence-corrected chi connectivity index (χ0v) is 17.0. The summed E-state index contributed by atoms with van der Waals surface area (Å²) in [6.07, 6.45) is 4.05. The van der Waals surface area contributed by atoms with Gasteiger partial charge >= 0.3 is 5.69 Å². The second kappa shape index (κ2) is 9.68. The van der Waals surface area contributed by atoms with Gasteiger partial charge in [0.25, 0.3) is 11.5 Å². The van der Waals surface area contributed by atoms with E-state index >= 15 is 0 Å². The Morgan fingerprint density at radius 1 is 1.07 bits per heavy atom. The van der Waals surface area contributed by atoms with Crippen molar-refractivity contribution in [1.82, 2.24) is 14.0 Å². The Labute approximate surface area is 168 Å². The zero-order chi connectivity index (χ0) is 21.6. The van der Waals surface area contributed by atoms with Crippen LogP contribution in [-0.4, -0.2) is 45.4 Å². The third kappa shape index (κ3) is 5.31. The molecule has 0 unspecified atom stereocenters. The number of carbonyl (C=O) groups excluding carboxylic acids is 2. The van der Waals surface area contributed by atoms with Gasteiger partial charge in [0.05, 0.1) is 5.56 Å². The molecular formula is C21H25N3O5. The van der Waals surface area contributed by atoms with Gasteiger partial charge in [-0.3, -0.25) is 19.0 Å². The van der Waals surface area contributed by atoms with Crippen LogP contribution in [0.4, 0.5) is 0 Å². The molecule has 154 valence electrons. The summed E-state index contributed by atoms with van der Waals surface area (Å²) >= 11 is 0. The zero-order valence-electron chi connectivity index (χ0n) is 17.0. The number of carbonyl (C=O) groups is 2. The second-order valence-corrected chi connectivity index (χ2v) is 6.42. The number of rotatable bonds is 8. The summed E-state index contributed by atoms with van der Waals surface area (Å²) in [6.45, 7) is 4.99. The van der Waals surface area contributed by atoms with E-state index in [0.29, 0.717) is 24.4 Å². The fraction of sp³-hybridized carbons (Fsp3) is 0.333. The molecule has 1 heterocycles. The predicted molar refractivity (Wildman–Crippen MR) is 110 cm³/mol. The first-order valence-corrected chi connectivity index (χ1v) is 9.28. The molecule has 29 heavy (non-hydrogen) atoms. The minimum absolute atomic E-state index is 0.0646. The van der Waals surface area contributed by atoms with Crippen molar-refractivity contribution >= 4 is 17.8 Å². The molecule has 0 spiro atoms. The van der Waals surface area contributed by atoms with Gasteiger partial charge in [-0.1, -0.05) is 0 Å². The van der Waals surface area contributed by atoms with Crippen molar-refractivity contribution in [2.75, 3.05) is 19.7 Å².